The summed E-state index contributed by atoms with van der Waals surface area (Å²) in [6, 6.07) is 17.7. The number of ether oxygens (including phenoxy) is 1. The number of aromatic nitrogens is 2. The molecule has 1 N–H and O–H groups in total. The molecule has 0 saturated carbocycles. The summed E-state index contributed by atoms with van der Waals surface area (Å²) in [4.78, 5) is 31.3. The quantitative estimate of drug-likeness (QED) is 0.277. The summed E-state index contributed by atoms with van der Waals surface area (Å²) < 4.78 is 8.25. The molecular weight excluding hydrogens is 536 g/mol. The molecule has 0 aliphatic carbocycles. The van der Waals surface area contributed by atoms with E-state index in [-0.39, 0.29) is 17.7 Å². The minimum Gasteiger partial charge on any atom is -0.488 e. The SMILES string of the molecule is CCCc1nc2ccc(Br)cc2c(=O)n1N=Cc1ccc(N(C)C)cc1OCc1cccc(C(=O)O)c1. The molecule has 1 aromatic heterocycles. The molecule has 8 nitrogen and oxygen atoms in total. The van der Waals surface area contributed by atoms with Crippen molar-refractivity contribution in [1.29, 1.82) is 0 Å². The lowest BCUT2D eigenvalue weighted by molar-refractivity contribution is 0.0696. The molecule has 9 heteroatoms. The van der Waals surface area contributed by atoms with E-state index in [0.717, 1.165) is 22.1 Å². The Balaban J connectivity index is 1.72. The van der Waals surface area contributed by atoms with E-state index < -0.39 is 5.97 Å². The molecular formula is C28H27BrN4O4. The van der Waals surface area contributed by atoms with Gasteiger partial charge in [0, 0.05) is 42.3 Å². The molecule has 0 fully saturated rings. The summed E-state index contributed by atoms with van der Waals surface area (Å²) in [5, 5.41) is 14.3. The first-order valence-corrected chi connectivity index (χ1v) is 12.6. The Morgan fingerprint density at radius 2 is 1.97 bits per heavy atom. The van der Waals surface area contributed by atoms with Crippen LogP contribution in [0.3, 0.4) is 0 Å². The summed E-state index contributed by atoms with van der Waals surface area (Å²) in [5.41, 5.74) is 2.90. The van der Waals surface area contributed by atoms with E-state index in [2.05, 4.69) is 26.0 Å². The highest BCUT2D eigenvalue weighted by atomic mass is 79.9. The maximum Gasteiger partial charge on any atom is 0.335 e. The van der Waals surface area contributed by atoms with E-state index >= 15 is 0 Å². The number of hydrogen-bond donors (Lipinski definition) is 1. The predicted octanol–water partition coefficient (Wildman–Crippen LogP) is 5.34. The van der Waals surface area contributed by atoms with Crippen molar-refractivity contribution in [3.63, 3.8) is 0 Å². The molecule has 0 saturated heterocycles. The largest absolute Gasteiger partial charge is 0.488 e. The summed E-state index contributed by atoms with van der Waals surface area (Å²) in [6.45, 7) is 2.20. The number of anilines is 1. The van der Waals surface area contributed by atoms with Gasteiger partial charge >= 0.3 is 5.97 Å². The zero-order chi connectivity index (χ0) is 26.5. The number of rotatable bonds is 9. The van der Waals surface area contributed by atoms with Crippen LogP contribution in [0.5, 0.6) is 5.75 Å². The van der Waals surface area contributed by atoms with Gasteiger partial charge in [-0.2, -0.15) is 9.78 Å². The lowest BCUT2D eigenvalue weighted by Gasteiger charge is -2.16. The molecule has 0 spiro atoms. The fourth-order valence-electron chi connectivity index (χ4n) is 3.81. The van der Waals surface area contributed by atoms with Gasteiger partial charge in [0.1, 0.15) is 18.2 Å². The molecule has 0 radical (unpaired) electrons. The fourth-order valence-corrected chi connectivity index (χ4v) is 4.17. The van der Waals surface area contributed by atoms with Gasteiger partial charge in [0.25, 0.3) is 5.56 Å². The van der Waals surface area contributed by atoms with E-state index in [1.165, 1.54) is 4.68 Å². The van der Waals surface area contributed by atoms with Crippen LogP contribution in [-0.2, 0) is 13.0 Å². The van der Waals surface area contributed by atoms with Crippen molar-refractivity contribution in [2.24, 2.45) is 5.10 Å². The normalized spacial score (nSPS) is 11.2. The topological polar surface area (TPSA) is 97.0 Å². The summed E-state index contributed by atoms with van der Waals surface area (Å²) in [6.07, 6.45) is 3.00. The molecule has 4 aromatic rings. The number of aromatic carboxylic acids is 1. The van der Waals surface area contributed by atoms with Crippen molar-refractivity contribution in [3.05, 3.63) is 98.0 Å². The average molecular weight is 563 g/mol. The van der Waals surface area contributed by atoms with Gasteiger partial charge in [-0.15, -0.1) is 0 Å². The van der Waals surface area contributed by atoms with Crippen LogP contribution < -0.4 is 15.2 Å². The van der Waals surface area contributed by atoms with E-state index in [0.29, 0.717) is 34.5 Å². The first-order valence-electron chi connectivity index (χ1n) is 11.8. The number of carboxylic acid groups (broad SMARTS) is 1. The van der Waals surface area contributed by atoms with Crippen LogP contribution >= 0.6 is 15.9 Å². The van der Waals surface area contributed by atoms with E-state index in [4.69, 9.17) is 4.74 Å². The van der Waals surface area contributed by atoms with Gasteiger partial charge < -0.3 is 14.7 Å². The smallest absolute Gasteiger partial charge is 0.335 e. The van der Waals surface area contributed by atoms with Gasteiger partial charge in [-0.3, -0.25) is 4.79 Å². The number of nitrogens with zero attached hydrogens (tertiary/aromatic N) is 4. The van der Waals surface area contributed by atoms with Gasteiger partial charge in [-0.25, -0.2) is 9.78 Å². The Hall–Kier alpha value is -3.98. The Bertz CT molecular complexity index is 1550. The number of carbonyl (C=O) groups is 1. The molecule has 0 atom stereocenters. The zero-order valence-electron chi connectivity index (χ0n) is 20.8. The summed E-state index contributed by atoms with van der Waals surface area (Å²) >= 11 is 3.43. The van der Waals surface area contributed by atoms with Crippen molar-refractivity contribution < 1.29 is 14.6 Å². The molecule has 0 bridgehead atoms. The Morgan fingerprint density at radius 1 is 1.16 bits per heavy atom. The number of fused-ring (bicyclic) bond motifs is 1. The molecule has 3 aromatic carbocycles. The molecule has 0 unspecified atom stereocenters. The minimum absolute atomic E-state index is 0.172. The van der Waals surface area contributed by atoms with Crippen LogP contribution in [-0.4, -0.2) is 41.0 Å². The van der Waals surface area contributed by atoms with Crippen LogP contribution in [0.25, 0.3) is 10.9 Å². The second-order valence-corrected chi connectivity index (χ2v) is 9.63. The Morgan fingerprint density at radius 3 is 2.70 bits per heavy atom. The first-order chi connectivity index (χ1) is 17.8. The zero-order valence-corrected chi connectivity index (χ0v) is 22.4. The van der Waals surface area contributed by atoms with Crippen LogP contribution in [0.15, 0.2) is 75.0 Å². The Labute approximate surface area is 223 Å². The molecule has 0 aliphatic heterocycles. The molecule has 37 heavy (non-hydrogen) atoms. The number of carboxylic acids is 1. The van der Waals surface area contributed by atoms with Gasteiger partial charge in [-0.1, -0.05) is 35.0 Å². The van der Waals surface area contributed by atoms with Gasteiger partial charge in [0.15, 0.2) is 0 Å². The van der Waals surface area contributed by atoms with Crippen molar-refractivity contribution >= 4 is 44.7 Å². The van der Waals surface area contributed by atoms with Gasteiger partial charge in [-0.05, 0) is 54.4 Å². The van der Waals surface area contributed by atoms with Crippen molar-refractivity contribution in [1.82, 2.24) is 9.66 Å². The fraction of sp³-hybridized carbons (Fsp3) is 0.214. The van der Waals surface area contributed by atoms with Crippen LogP contribution in [0, 0.1) is 0 Å². The number of halogens is 1. The number of hydrogen-bond acceptors (Lipinski definition) is 6. The monoisotopic (exact) mass is 562 g/mol. The third-order valence-electron chi connectivity index (χ3n) is 5.74. The minimum atomic E-state index is -0.992. The third kappa shape index (κ3) is 6.06. The van der Waals surface area contributed by atoms with Gasteiger partial charge in [0.05, 0.1) is 22.7 Å². The van der Waals surface area contributed by atoms with Crippen LogP contribution in [0.4, 0.5) is 5.69 Å². The van der Waals surface area contributed by atoms with E-state index in [1.807, 2.05) is 62.3 Å². The lowest BCUT2D eigenvalue weighted by Crippen LogP contribution is -2.22. The van der Waals surface area contributed by atoms with E-state index in [9.17, 15) is 14.7 Å². The summed E-state index contributed by atoms with van der Waals surface area (Å²) in [7, 11) is 3.86. The van der Waals surface area contributed by atoms with Crippen molar-refractivity contribution in [2.75, 3.05) is 19.0 Å². The highest BCUT2D eigenvalue weighted by Crippen LogP contribution is 2.25. The number of aryl methyl sites for hydroxylation is 1. The van der Waals surface area contributed by atoms with Crippen LogP contribution in [0.1, 0.15) is 40.7 Å². The Kier molecular flexibility index (Phi) is 8.03. The maximum absolute atomic E-state index is 13.3. The second-order valence-electron chi connectivity index (χ2n) is 8.71. The average Bonchev–Trinajstić information content (AvgIpc) is 2.88. The molecule has 1 heterocycles. The lowest BCUT2D eigenvalue weighted by atomic mass is 10.1. The maximum atomic E-state index is 13.3. The number of benzene rings is 3. The third-order valence-corrected chi connectivity index (χ3v) is 6.24. The van der Waals surface area contributed by atoms with E-state index in [1.54, 1.807) is 30.5 Å². The van der Waals surface area contributed by atoms with Crippen LogP contribution in [0.2, 0.25) is 0 Å². The van der Waals surface area contributed by atoms with Crippen molar-refractivity contribution in [3.8, 4) is 5.75 Å². The second kappa shape index (κ2) is 11.4. The molecule has 190 valence electrons. The molecule has 4 rings (SSSR count). The predicted molar refractivity (Wildman–Crippen MR) is 149 cm³/mol. The highest BCUT2D eigenvalue weighted by molar-refractivity contribution is 9.10. The summed E-state index contributed by atoms with van der Waals surface area (Å²) in [5.74, 6) is 0.141. The first kappa shape index (κ1) is 26.1. The highest BCUT2D eigenvalue weighted by Gasteiger charge is 2.12. The standard InChI is InChI=1S/C28H27BrN4O4/c1-4-6-26-31-24-12-10-21(29)14-23(24)27(34)33(26)30-16-20-9-11-22(32(2)3)15-25(20)37-17-18-7-5-8-19(13-18)28(35)36/h5,7-16H,4,6,17H2,1-3H3,(H,35,36). The molecule has 0 amide bonds. The van der Waals surface area contributed by atoms with Gasteiger partial charge in [0.2, 0.25) is 0 Å². The molecule has 0 aliphatic rings. The van der Waals surface area contributed by atoms with Crippen molar-refractivity contribution in [2.45, 2.75) is 26.4 Å².